The third kappa shape index (κ3) is 6.22. The summed E-state index contributed by atoms with van der Waals surface area (Å²) in [5, 5.41) is 0. The summed E-state index contributed by atoms with van der Waals surface area (Å²) < 4.78 is 28.3. The molecule has 0 aromatic heterocycles. The monoisotopic (exact) mass is 332 g/mol. The fourth-order valence-electron chi connectivity index (χ4n) is 3.09. The maximum atomic E-state index is 12.2. The van der Waals surface area contributed by atoms with Crippen molar-refractivity contribution < 1.29 is 17.9 Å². The molecule has 0 N–H and O–H groups in total. The highest BCUT2D eigenvalue weighted by Gasteiger charge is 2.25. The molecule has 1 atom stereocenters. The Morgan fingerprint density at radius 3 is 2.55 bits per heavy atom. The molecule has 2 aliphatic heterocycles. The Kier molecular flexibility index (Phi) is 6.65. The first-order valence-electron chi connectivity index (χ1n) is 8.23. The minimum atomic E-state index is -3.09. The van der Waals surface area contributed by atoms with Crippen molar-refractivity contribution in [3.8, 4) is 0 Å². The Labute approximate surface area is 133 Å². The van der Waals surface area contributed by atoms with E-state index in [1.165, 1.54) is 25.5 Å². The van der Waals surface area contributed by atoms with Crippen molar-refractivity contribution >= 4 is 15.7 Å². The second-order valence-corrected chi connectivity index (χ2v) is 8.69. The third-order valence-corrected chi connectivity index (χ3v) is 5.25. The quantitative estimate of drug-likeness (QED) is 0.734. The van der Waals surface area contributed by atoms with Crippen molar-refractivity contribution in [3.63, 3.8) is 0 Å². The number of carbonyl (C=O) groups excluding carboxylic acids is 1. The normalized spacial score (nSPS) is 25.0. The Morgan fingerprint density at radius 1 is 1.14 bits per heavy atom. The van der Waals surface area contributed by atoms with E-state index in [1.807, 2.05) is 0 Å². The van der Waals surface area contributed by atoms with Gasteiger partial charge < -0.3 is 14.5 Å². The summed E-state index contributed by atoms with van der Waals surface area (Å²) in [5.74, 6) is -0.139. The molecule has 0 saturated carbocycles. The molecule has 2 saturated heterocycles. The van der Waals surface area contributed by atoms with Gasteiger partial charge in [0.05, 0.1) is 11.9 Å². The molecular formula is C15H28N2O4S. The van der Waals surface area contributed by atoms with Gasteiger partial charge >= 0.3 is 0 Å². The number of rotatable bonds is 5. The summed E-state index contributed by atoms with van der Waals surface area (Å²) >= 11 is 0. The van der Waals surface area contributed by atoms with E-state index < -0.39 is 9.84 Å². The lowest BCUT2D eigenvalue weighted by atomic mass is 10.1. The Morgan fingerprint density at radius 2 is 1.86 bits per heavy atom. The number of piperidine rings is 1. The summed E-state index contributed by atoms with van der Waals surface area (Å²) in [6.45, 7) is 5.02. The molecule has 2 aliphatic rings. The number of hydrogen-bond donors (Lipinski definition) is 0. The molecule has 1 unspecified atom stereocenters. The smallest absolute Gasteiger partial charge is 0.223 e. The molecule has 2 fully saturated rings. The van der Waals surface area contributed by atoms with Crippen molar-refractivity contribution in [2.45, 2.75) is 38.2 Å². The van der Waals surface area contributed by atoms with Gasteiger partial charge in [0, 0.05) is 38.9 Å². The lowest BCUT2D eigenvalue weighted by Crippen LogP contribution is -2.44. The van der Waals surface area contributed by atoms with Crippen LogP contribution in [0.1, 0.15) is 32.1 Å². The minimum absolute atomic E-state index is 0.0442. The first kappa shape index (κ1) is 17.7. The average molecular weight is 332 g/mol. The predicted octanol–water partition coefficient (Wildman–Crippen LogP) is 0.525. The zero-order chi connectivity index (χ0) is 16.0. The first-order valence-corrected chi connectivity index (χ1v) is 10.3. The summed E-state index contributed by atoms with van der Waals surface area (Å²) in [4.78, 5) is 16.4. The molecule has 22 heavy (non-hydrogen) atoms. The van der Waals surface area contributed by atoms with Crippen molar-refractivity contribution in [1.82, 2.24) is 9.80 Å². The van der Waals surface area contributed by atoms with Crippen LogP contribution in [-0.4, -0.2) is 81.6 Å². The molecular weight excluding hydrogens is 304 g/mol. The van der Waals surface area contributed by atoms with Crippen molar-refractivity contribution in [2.24, 2.45) is 0 Å². The van der Waals surface area contributed by atoms with E-state index in [4.69, 9.17) is 4.74 Å². The predicted molar refractivity (Wildman–Crippen MR) is 85.6 cm³/mol. The van der Waals surface area contributed by atoms with Crippen molar-refractivity contribution in [3.05, 3.63) is 0 Å². The maximum Gasteiger partial charge on any atom is 0.223 e. The highest BCUT2D eigenvalue weighted by molar-refractivity contribution is 7.90. The van der Waals surface area contributed by atoms with E-state index in [0.717, 1.165) is 26.1 Å². The van der Waals surface area contributed by atoms with Gasteiger partial charge in [-0.15, -0.1) is 0 Å². The van der Waals surface area contributed by atoms with Crippen LogP contribution in [0.2, 0.25) is 0 Å². The van der Waals surface area contributed by atoms with E-state index in [1.54, 1.807) is 4.90 Å². The highest BCUT2D eigenvalue weighted by Crippen LogP contribution is 2.13. The molecule has 2 rings (SSSR count). The van der Waals surface area contributed by atoms with E-state index >= 15 is 0 Å². The van der Waals surface area contributed by atoms with Crippen LogP contribution < -0.4 is 0 Å². The standard InChI is InChI=1S/C15H28N2O4S/c1-22(19,20)11-6-15(18)17-9-5-10-21-14(13-17)12-16-7-3-2-4-8-16/h14H,2-13H2,1H3. The Bertz CT molecular complexity index is 460. The zero-order valence-electron chi connectivity index (χ0n) is 13.5. The lowest BCUT2D eigenvalue weighted by molar-refractivity contribution is -0.131. The molecule has 0 spiro atoms. The van der Waals surface area contributed by atoms with Crippen LogP contribution in [0.15, 0.2) is 0 Å². The van der Waals surface area contributed by atoms with Crippen LogP contribution in [0.3, 0.4) is 0 Å². The molecule has 1 amide bonds. The number of nitrogens with zero attached hydrogens (tertiary/aromatic N) is 2. The molecule has 0 bridgehead atoms. The summed E-state index contributed by atoms with van der Waals surface area (Å²) in [6, 6.07) is 0. The Hall–Kier alpha value is -0.660. The van der Waals surface area contributed by atoms with Gasteiger partial charge in [-0.25, -0.2) is 8.42 Å². The molecule has 128 valence electrons. The van der Waals surface area contributed by atoms with E-state index in [2.05, 4.69) is 4.90 Å². The van der Waals surface area contributed by atoms with Gasteiger partial charge in [-0.2, -0.15) is 0 Å². The molecule has 6 nitrogen and oxygen atoms in total. The number of likely N-dealkylation sites (tertiary alicyclic amines) is 1. The van der Waals surface area contributed by atoms with Gasteiger partial charge in [0.15, 0.2) is 0 Å². The van der Waals surface area contributed by atoms with Crippen molar-refractivity contribution in [2.75, 3.05) is 51.3 Å². The van der Waals surface area contributed by atoms with Gasteiger partial charge in [0.25, 0.3) is 0 Å². The summed E-state index contributed by atoms with van der Waals surface area (Å²) in [7, 11) is -3.09. The van der Waals surface area contributed by atoms with Crippen LogP contribution in [-0.2, 0) is 19.4 Å². The second-order valence-electron chi connectivity index (χ2n) is 6.43. The first-order chi connectivity index (χ1) is 10.4. The van der Waals surface area contributed by atoms with Crippen LogP contribution in [0.5, 0.6) is 0 Å². The van der Waals surface area contributed by atoms with Gasteiger partial charge in [0.2, 0.25) is 5.91 Å². The average Bonchev–Trinajstić information content (AvgIpc) is 2.71. The van der Waals surface area contributed by atoms with E-state index in [0.29, 0.717) is 19.7 Å². The van der Waals surface area contributed by atoms with Crippen LogP contribution >= 0.6 is 0 Å². The van der Waals surface area contributed by atoms with Gasteiger partial charge in [-0.3, -0.25) is 4.79 Å². The van der Waals surface area contributed by atoms with Crippen LogP contribution in [0.4, 0.5) is 0 Å². The van der Waals surface area contributed by atoms with Gasteiger partial charge in [0.1, 0.15) is 9.84 Å². The minimum Gasteiger partial charge on any atom is -0.375 e. The zero-order valence-corrected chi connectivity index (χ0v) is 14.3. The maximum absolute atomic E-state index is 12.2. The molecule has 7 heteroatoms. The molecule has 0 radical (unpaired) electrons. The number of ether oxygens (including phenoxy) is 1. The Balaban J connectivity index is 1.84. The number of sulfone groups is 1. The van der Waals surface area contributed by atoms with Crippen LogP contribution in [0, 0.1) is 0 Å². The van der Waals surface area contributed by atoms with Crippen molar-refractivity contribution in [1.29, 1.82) is 0 Å². The lowest BCUT2D eigenvalue weighted by Gasteiger charge is -2.31. The fraction of sp³-hybridized carbons (Fsp3) is 0.933. The summed E-state index contributed by atoms with van der Waals surface area (Å²) in [5.41, 5.74) is 0. The summed E-state index contributed by atoms with van der Waals surface area (Å²) in [6.07, 6.45) is 5.90. The topological polar surface area (TPSA) is 66.9 Å². The fourth-order valence-corrected chi connectivity index (χ4v) is 3.64. The molecule has 2 heterocycles. The SMILES string of the molecule is CS(=O)(=O)CCC(=O)N1CCCOC(CN2CCCCC2)C1. The molecule has 0 aliphatic carbocycles. The second kappa shape index (κ2) is 8.26. The van der Waals surface area contributed by atoms with Gasteiger partial charge in [-0.05, 0) is 32.4 Å². The largest absolute Gasteiger partial charge is 0.375 e. The number of hydrogen-bond acceptors (Lipinski definition) is 5. The van der Waals surface area contributed by atoms with Crippen LogP contribution in [0.25, 0.3) is 0 Å². The molecule has 0 aromatic rings. The third-order valence-electron chi connectivity index (χ3n) is 4.30. The molecule has 0 aromatic carbocycles. The number of carbonyl (C=O) groups is 1. The van der Waals surface area contributed by atoms with E-state index in [9.17, 15) is 13.2 Å². The van der Waals surface area contributed by atoms with E-state index in [-0.39, 0.29) is 24.2 Å². The highest BCUT2D eigenvalue weighted by atomic mass is 32.2. The van der Waals surface area contributed by atoms with Gasteiger partial charge in [-0.1, -0.05) is 6.42 Å². The number of amides is 1.